The minimum atomic E-state index is -0.446. The van der Waals surface area contributed by atoms with Gasteiger partial charge in [-0.05, 0) is 24.6 Å². The molecule has 0 saturated heterocycles. The first-order chi connectivity index (χ1) is 7.20. The van der Waals surface area contributed by atoms with E-state index in [1.807, 2.05) is 6.92 Å². The minimum Gasteiger partial charge on any atom is -0.438 e. The van der Waals surface area contributed by atoms with Gasteiger partial charge in [-0.25, -0.2) is 4.79 Å². The molecule has 0 heterocycles. The van der Waals surface area contributed by atoms with Crippen molar-refractivity contribution in [1.82, 2.24) is 0 Å². The molecule has 0 rings (SSSR count). The molecule has 0 bridgehead atoms. The number of unbranched alkanes of at least 4 members (excludes halogenated alkanes) is 4. The van der Waals surface area contributed by atoms with Crippen LogP contribution >= 0.6 is 23.4 Å². The molecule has 0 aromatic rings. The van der Waals surface area contributed by atoms with E-state index in [9.17, 15) is 4.79 Å². The fourth-order valence-electron chi connectivity index (χ4n) is 1.22. The molecule has 0 aromatic carbocycles. The van der Waals surface area contributed by atoms with Crippen LogP contribution in [0, 0.1) is 0 Å². The van der Waals surface area contributed by atoms with Gasteiger partial charge in [-0.15, -0.1) is 0 Å². The molecule has 0 fully saturated rings. The first kappa shape index (κ1) is 15.1. The van der Waals surface area contributed by atoms with E-state index in [4.69, 9.17) is 16.3 Å². The molecular formula is C11H21ClO2S. The van der Waals surface area contributed by atoms with Crippen molar-refractivity contribution in [2.45, 2.75) is 57.9 Å². The molecule has 0 spiro atoms. The highest BCUT2D eigenvalue weighted by Crippen LogP contribution is 2.15. The zero-order valence-electron chi connectivity index (χ0n) is 9.63. The molecule has 0 radical (unpaired) electrons. The van der Waals surface area contributed by atoms with Crippen LogP contribution in [0.15, 0.2) is 0 Å². The van der Waals surface area contributed by atoms with Crippen LogP contribution in [0.25, 0.3) is 0 Å². The summed E-state index contributed by atoms with van der Waals surface area (Å²) in [6, 6.07) is 0. The second kappa shape index (κ2) is 10.6. The molecule has 0 aliphatic heterocycles. The van der Waals surface area contributed by atoms with Crippen LogP contribution in [-0.2, 0) is 4.74 Å². The smallest absolute Gasteiger partial charge is 0.368 e. The Balaban J connectivity index is 3.32. The van der Waals surface area contributed by atoms with Gasteiger partial charge in [-0.2, -0.15) is 0 Å². The van der Waals surface area contributed by atoms with Crippen LogP contribution in [0.2, 0.25) is 0 Å². The van der Waals surface area contributed by atoms with Gasteiger partial charge in [0.1, 0.15) is 0 Å². The quantitative estimate of drug-likeness (QED) is 0.353. The summed E-state index contributed by atoms with van der Waals surface area (Å²) in [6.45, 7) is 4.11. The van der Waals surface area contributed by atoms with Crippen molar-refractivity contribution < 1.29 is 9.53 Å². The first-order valence-electron chi connectivity index (χ1n) is 5.68. The van der Waals surface area contributed by atoms with Crippen molar-refractivity contribution in [1.29, 1.82) is 0 Å². The van der Waals surface area contributed by atoms with Crippen LogP contribution in [-0.4, -0.2) is 16.6 Å². The Labute approximate surface area is 102 Å². The molecule has 15 heavy (non-hydrogen) atoms. The number of alkyl halides is 1. The second-order valence-corrected chi connectivity index (χ2v) is 5.10. The third-order valence-electron chi connectivity index (χ3n) is 2.02. The molecular weight excluding hydrogens is 232 g/mol. The number of hydrogen-bond donors (Lipinski definition) is 0. The van der Waals surface area contributed by atoms with Crippen LogP contribution in [0.1, 0.15) is 52.4 Å². The van der Waals surface area contributed by atoms with Crippen molar-refractivity contribution >= 4 is 28.7 Å². The van der Waals surface area contributed by atoms with Crippen LogP contribution in [0.5, 0.6) is 0 Å². The van der Waals surface area contributed by atoms with Gasteiger partial charge < -0.3 is 4.74 Å². The van der Waals surface area contributed by atoms with Crippen molar-refractivity contribution in [2.24, 2.45) is 0 Å². The van der Waals surface area contributed by atoms with E-state index in [1.165, 1.54) is 25.7 Å². The molecule has 0 aromatic heterocycles. The van der Waals surface area contributed by atoms with E-state index < -0.39 is 5.56 Å². The van der Waals surface area contributed by atoms with E-state index in [0.717, 1.165) is 30.4 Å². The maximum absolute atomic E-state index is 11.0. The highest BCUT2D eigenvalue weighted by molar-refractivity contribution is 8.13. The Morgan fingerprint density at radius 1 is 1.27 bits per heavy atom. The average molecular weight is 253 g/mol. The molecule has 0 amide bonds. The van der Waals surface area contributed by atoms with Crippen LogP contribution in [0.4, 0.5) is 4.79 Å². The number of rotatable bonds is 8. The van der Waals surface area contributed by atoms with Gasteiger partial charge in [0.15, 0.2) is 5.56 Å². The molecule has 1 unspecified atom stereocenters. The standard InChI is InChI=1S/C11H21ClO2S/c1-3-5-6-7-8-9-10(12)14-11(13)15-4-2/h10H,3-9H2,1-2H3. The van der Waals surface area contributed by atoms with E-state index >= 15 is 0 Å². The molecule has 2 nitrogen and oxygen atoms in total. The fourth-order valence-corrected chi connectivity index (χ4v) is 1.93. The maximum Gasteiger partial charge on any atom is 0.368 e. The van der Waals surface area contributed by atoms with Crippen LogP contribution < -0.4 is 0 Å². The summed E-state index contributed by atoms with van der Waals surface area (Å²) >= 11 is 7.03. The zero-order valence-corrected chi connectivity index (χ0v) is 11.2. The van der Waals surface area contributed by atoms with Crippen molar-refractivity contribution in [3.8, 4) is 0 Å². The van der Waals surface area contributed by atoms with E-state index in [0.29, 0.717) is 0 Å². The van der Waals surface area contributed by atoms with E-state index in [2.05, 4.69) is 6.92 Å². The highest BCUT2D eigenvalue weighted by Gasteiger charge is 2.10. The van der Waals surface area contributed by atoms with Gasteiger partial charge in [-0.3, -0.25) is 0 Å². The molecule has 0 aliphatic carbocycles. The first-order valence-corrected chi connectivity index (χ1v) is 7.10. The Morgan fingerprint density at radius 3 is 2.53 bits per heavy atom. The monoisotopic (exact) mass is 252 g/mol. The molecule has 0 saturated carbocycles. The van der Waals surface area contributed by atoms with Crippen molar-refractivity contribution in [3.05, 3.63) is 0 Å². The summed E-state index contributed by atoms with van der Waals surface area (Å²) in [4.78, 5) is 11.0. The summed E-state index contributed by atoms with van der Waals surface area (Å²) in [5.74, 6) is 0.735. The van der Waals surface area contributed by atoms with Gasteiger partial charge in [0.25, 0.3) is 0 Å². The topological polar surface area (TPSA) is 26.3 Å². The molecule has 0 N–H and O–H groups in total. The number of ether oxygens (including phenoxy) is 1. The van der Waals surface area contributed by atoms with Crippen molar-refractivity contribution in [2.75, 3.05) is 5.75 Å². The molecule has 90 valence electrons. The lowest BCUT2D eigenvalue weighted by molar-refractivity contribution is 0.155. The number of carbonyl (C=O) groups excluding carboxylic acids is 1. The number of thioether (sulfide) groups is 1. The minimum absolute atomic E-state index is 0.258. The number of carbonyl (C=O) groups is 1. The van der Waals surface area contributed by atoms with E-state index in [1.54, 1.807) is 0 Å². The third kappa shape index (κ3) is 10.4. The Kier molecular flexibility index (Phi) is 10.7. The van der Waals surface area contributed by atoms with Crippen LogP contribution in [0.3, 0.4) is 0 Å². The van der Waals surface area contributed by atoms with Gasteiger partial charge in [0.2, 0.25) is 0 Å². The lowest BCUT2D eigenvalue weighted by Gasteiger charge is -2.09. The predicted octanol–water partition coefficient (Wildman–Crippen LogP) is 4.80. The Hall–Kier alpha value is 0.110. The summed E-state index contributed by atoms with van der Waals surface area (Å²) in [7, 11) is 0. The number of halogens is 1. The zero-order chi connectivity index (χ0) is 11.5. The SMILES string of the molecule is CCCCCCCC(Cl)OC(=O)SCC. The second-order valence-electron chi connectivity index (χ2n) is 3.41. The fraction of sp³-hybridized carbons (Fsp3) is 0.909. The normalized spacial score (nSPS) is 12.5. The maximum atomic E-state index is 11.0. The Morgan fingerprint density at radius 2 is 1.93 bits per heavy atom. The molecule has 4 heteroatoms. The average Bonchev–Trinajstić information content (AvgIpc) is 2.17. The summed E-state index contributed by atoms with van der Waals surface area (Å²) in [6.07, 6.45) is 6.75. The summed E-state index contributed by atoms with van der Waals surface area (Å²) in [5, 5.41) is -0.258. The van der Waals surface area contributed by atoms with Gasteiger partial charge in [-0.1, -0.05) is 51.1 Å². The number of hydrogen-bond acceptors (Lipinski definition) is 3. The van der Waals surface area contributed by atoms with Gasteiger partial charge in [0, 0.05) is 5.75 Å². The highest BCUT2D eigenvalue weighted by atomic mass is 35.5. The molecule has 0 aliphatic rings. The van der Waals surface area contributed by atoms with E-state index in [-0.39, 0.29) is 5.30 Å². The summed E-state index contributed by atoms with van der Waals surface area (Å²) in [5.41, 5.74) is -0.446. The lowest BCUT2D eigenvalue weighted by Crippen LogP contribution is -2.08. The molecule has 1 atom stereocenters. The van der Waals surface area contributed by atoms with Gasteiger partial charge in [0.05, 0.1) is 0 Å². The van der Waals surface area contributed by atoms with Crippen molar-refractivity contribution in [3.63, 3.8) is 0 Å². The van der Waals surface area contributed by atoms with Gasteiger partial charge >= 0.3 is 5.30 Å². The third-order valence-corrected chi connectivity index (χ3v) is 2.95. The summed E-state index contributed by atoms with van der Waals surface area (Å²) < 4.78 is 4.99. The lowest BCUT2D eigenvalue weighted by atomic mass is 10.1. The Bertz CT molecular complexity index is 165. The predicted molar refractivity (Wildman–Crippen MR) is 67.6 cm³/mol. The largest absolute Gasteiger partial charge is 0.438 e.